The maximum absolute atomic E-state index is 11.4. The maximum atomic E-state index is 11.4. The topological polar surface area (TPSA) is 48.4 Å². The van der Waals surface area contributed by atoms with Gasteiger partial charge in [0, 0.05) is 5.02 Å². The number of benzene rings is 1. The van der Waals surface area contributed by atoms with Crippen LogP contribution in [0.3, 0.4) is 0 Å². The molecule has 0 atom stereocenters. The first-order valence-electron chi connectivity index (χ1n) is 5.03. The molecule has 0 fully saturated rings. The van der Waals surface area contributed by atoms with E-state index in [2.05, 4.69) is 9.72 Å². The Hall–Kier alpha value is -1.59. The molecular formula is C12H10ClNO3S. The second-order valence-electron chi connectivity index (χ2n) is 3.37. The fourth-order valence-corrected chi connectivity index (χ4v) is 2.46. The molecule has 6 heteroatoms. The first-order chi connectivity index (χ1) is 8.65. The van der Waals surface area contributed by atoms with Crippen molar-refractivity contribution < 1.29 is 14.3 Å². The minimum absolute atomic E-state index is 0.397. The average molecular weight is 284 g/mol. The number of nitrogens with zero attached hydrogens (tertiary/aromatic N) is 1. The zero-order valence-corrected chi connectivity index (χ0v) is 11.3. The van der Waals surface area contributed by atoms with E-state index in [0.29, 0.717) is 20.7 Å². The number of thiazole rings is 1. The lowest BCUT2D eigenvalue weighted by atomic mass is 10.2. The molecule has 1 aromatic heterocycles. The Morgan fingerprint density at radius 2 is 2.17 bits per heavy atom. The van der Waals surface area contributed by atoms with Gasteiger partial charge in [-0.25, -0.2) is 9.78 Å². The van der Waals surface area contributed by atoms with E-state index in [1.165, 1.54) is 24.6 Å². The molecule has 0 aliphatic carbocycles. The summed E-state index contributed by atoms with van der Waals surface area (Å²) in [5.41, 5.74) is 0.794. The molecule has 0 aliphatic rings. The number of hydrogen-bond acceptors (Lipinski definition) is 5. The molecule has 0 saturated heterocycles. The van der Waals surface area contributed by atoms with Crippen molar-refractivity contribution in [3.63, 3.8) is 0 Å². The Bertz CT molecular complexity index is 582. The monoisotopic (exact) mass is 283 g/mol. The largest absolute Gasteiger partial charge is 0.496 e. The number of halogens is 1. The zero-order chi connectivity index (χ0) is 13.1. The standard InChI is InChI=1S/C12H10ClNO3S/c1-16-9-5-7(13)3-4-8(9)11-14-6-10(18-11)12(15)17-2/h3-6H,1-2H3. The van der Waals surface area contributed by atoms with Crippen LogP contribution in [0.15, 0.2) is 24.4 Å². The van der Waals surface area contributed by atoms with Crippen LogP contribution in [0.1, 0.15) is 9.67 Å². The fourth-order valence-electron chi connectivity index (χ4n) is 1.44. The normalized spacial score (nSPS) is 10.2. The van der Waals surface area contributed by atoms with E-state index in [1.807, 2.05) is 0 Å². The summed E-state index contributed by atoms with van der Waals surface area (Å²) in [7, 11) is 2.90. The number of ether oxygens (including phenoxy) is 2. The number of carbonyl (C=O) groups is 1. The number of aromatic nitrogens is 1. The van der Waals surface area contributed by atoms with Gasteiger partial charge in [-0.15, -0.1) is 11.3 Å². The number of esters is 1. The maximum Gasteiger partial charge on any atom is 0.349 e. The van der Waals surface area contributed by atoms with Crippen LogP contribution in [0.2, 0.25) is 5.02 Å². The minimum Gasteiger partial charge on any atom is -0.496 e. The molecule has 0 saturated carbocycles. The molecular weight excluding hydrogens is 274 g/mol. The molecule has 0 amide bonds. The van der Waals surface area contributed by atoms with Gasteiger partial charge < -0.3 is 9.47 Å². The molecule has 2 rings (SSSR count). The van der Waals surface area contributed by atoms with Gasteiger partial charge in [-0.2, -0.15) is 0 Å². The van der Waals surface area contributed by atoms with E-state index >= 15 is 0 Å². The summed E-state index contributed by atoms with van der Waals surface area (Å²) in [6.07, 6.45) is 1.49. The Kier molecular flexibility index (Phi) is 3.84. The highest BCUT2D eigenvalue weighted by Crippen LogP contribution is 2.34. The Balaban J connectivity index is 2.42. The summed E-state index contributed by atoms with van der Waals surface area (Å²) in [4.78, 5) is 16.0. The van der Waals surface area contributed by atoms with E-state index in [4.69, 9.17) is 16.3 Å². The van der Waals surface area contributed by atoms with E-state index in [9.17, 15) is 4.79 Å². The number of methoxy groups -OCH3 is 2. The highest BCUT2D eigenvalue weighted by atomic mass is 35.5. The Labute approximate surface area is 113 Å². The molecule has 0 N–H and O–H groups in total. The molecule has 0 radical (unpaired) electrons. The van der Waals surface area contributed by atoms with Crippen molar-refractivity contribution in [2.45, 2.75) is 0 Å². The van der Waals surface area contributed by atoms with Gasteiger partial charge in [0.15, 0.2) is 0 Å². The number of hydrogen-bond donors (Lipinski definition) is 0. The third-order valence-corrected chi connectivity index (χ3v) is 3.53. The second kappa shape index (κ2) is 5.37. The molecule has 18 heavy (non-hydrogen) atoms. The summed E-state index contributed by atoms with van der Waals surface area (Å²) >= 11 is 7.14. The van der Waals surface area contributed by atoms with E-state index in [0.717, 1.165) is 5.56 Å². The van der Waals surface area contributed by atoms with Crippen molar-refractivity contribution in [3.8, 4) is 16.3 Å². The van der Waals surface area contributed by atoms with E-state index < -0.39 is 5.97 Å². The Morgan fingerprint density at radius 1 is 1.39 bits per heavy atom. The number of carbonyl (C=O) groups excluding carboxylic acids is 1. The summed E-state index contributed by atoms with van der Waals surface area (Å²) in [6.45, 7) is 0. The van der Waals surface area contributed by atoms with Gasteiger partial charge in [0.2, 0.25) is 0 Å². The molecule has 94 valence electrons. The van der Waals surface area contributed by atoms with Crippen LogP contribution >= 0.6 is 22.9 Å². The Morgan fingerprint density at radius 3 is 2.83 bits per heavy atom. The first kappa shape index (κ1) is 12.9. The molecule has 0 aliphatic heterocycles. The van der Waals surface area contributed by atoms with Crippen LogP contribution in [0.5, 0.6) is 5.75 Å². The molecule has 1 aromatic carbocycles. The SMILES string of the molecule is COC(=O)c1cnc(-c2ccc(Cl)cc2OC)s1. The molecule has 0 unspecified atom stereocenters. The third kappa shape index (κ3) is 2.47. The lowest BCUT2D eigenvalue weighted by molar-refractivity contribution is 0.0606. The van der Waals surface area contributed by atoms with Gasteiger partial charge in [0.1, 0.15) is 15.6 Å². The average Bonchev–Trinajstić information content (AvgIpc) is 2.87. The summed E-state index contributed by atoms with van der Waals surface area (Å²) in [5.74, 6) is 0.222. The van der Waals surface area contributed by atoms with Crippen LogP contribution in [0.4, 0.5) is 0 Å². The van der Waals surface area contributed by atoms with Crippen LogP contribution in [-0.4, -0.2) is 25.2 Å². The molecule has 0 bridgehead atoms. The zero-order valence-electron chi connectivity index (χ0n) is 9.77. The van der Waals surface area contributed by atoms with Crippen molar-refractivity contribution in [1.82, 2.24) is 4.98 Å². The van der Waals surface area contributed by atoms with Gasteiger partial charge in [0.25, 0.3) is 0 Å². The second-order valence-corrected chi connectivity index (χ2v) is 4.83. The lowest BCUT2D eigenvalue weighted by Gasteiger charge is -2.05. The fraction of sp³-hybridized carbons (Fsp3) is 0.167. The van der Waals surface area contributed by atoms with Gasteiger partial charge in [0.05, 0.1) is 26.0 Å². The van der Waals surface area contributed by atoms with Crippen molar-refractivity contribution >= 4 is 28.9 Å². The van der Waals surface area contributed by atoms with Gasteiger partial charge in [-0.3, -0.25) is 0 Å². The summed E-state index contributed by atoms with van der Waals surface area (Å²) in [6, 6.07) is 5.26. The highest BCUT2D eigenvalue weighted by Gasteiger charge is 2.14. The van der Waals surface area contributed by atoms with Crippen LogP contribution in [0, 0.1) is 0 Å². The number of rotatable bonds is 3. The predicted octanol–water partition coefficient (Wildman–Crippen LogP) is 3.26. The lowest BCUT2D eigenvalue weighted by Crippen LogP contribution is -1.96. The van der Waals surface area contributed by atoms with Crippen LogP contribution < -0.4 is 4.74 Å². The molecule has 0 spiro atoms. The minimum atomic E-state index is -0.397. The van der Waals surface area contributed by atoms with Crippen molar-refractivity contribution in [3.05, 3.63) is 34.3 Å². The van der Waals surface area contributed by atoms with Crippen molar-refractivity contribution in [2.75, 3.05) is 14.2 Å². The van der Waals surface area contributed by atoms with Crippen molar-refractivity contribution in [2.24, 2.45) is 0 Å². The van der Waals surface area contributed by atoms with E-state index in [1.54, 1.807) is 25.3 Å². The van der Waals surface area contributed by atoms with Gasteiger partial charge >= 0.3 is 5.97 Å². The molecule has 4 nitrogen and oxygen atoms in total. The predicted molar refractivity (Wildman–Crippen MR) is 70.5 cm³/mol. The smallest absolute Gasteiger partial charge is 0.349 e. The third-order valence-electron chi connectivity index (χ3n) is 2.29. The van der Waals surface area contributed by atoms with Crippen molar-refractivity contribution in [1.29, 1.82) is 0 Å². The highest BCUT2D eigenvalue weighted by molar-refractivity contribution is 7.16. The molecule has 1 heterocycles. The summed E-state index contributed by atoms with van der Waals surface area (Å²) in [5, 5.41) is 1.27. The summed E-state index contributed by atoms with van der Waals surface area (Å²) < 4.78 is 9.88. The van der Waals surface area contributed by atoms with Crippen LogP contribution in [0.25, 0.3) is 10.6 Å². The van der Waals surface area contributed by atoms with Crippen LogP contribution in [-0.2, 0) is 4.74 Å². The van der Waals surface area contributed by atoms with Gasteiger partial charge in [-0.05, 0) is 18.2 Å². The molecule has 2 aromatic rings. The first-order valence-corrected chi connectivity index (χ1v) is 6.23. The van der Waals surface area contributed by atoms with E-state index in [-0.39, 0.29) is 0 Å². The quantitative estimate of drug-likeness (QED) is 0.811. The van der Waals surface area contributed by atoms with Gasteiger partial charge in [-0.1, -0.05) is 11.6 Å².